The number of unbranched alkanes of at least 4 members (excludes halogenated alkanes) is 3. The fraction of sp³-hybridized carbons (Fsp3) is 0.417. The van der Waals surface area contributed by atoms with Gasteiger partial charge in [-0.1, -0.05) is 44.4 Å². The number of nitrogens with zero attached hydrogens (tertiary/aromatic N) is 2. The molecule has 6 heteroatoms. The number of fused-ring (bicyclic) bond motifs is 1. The quantitative estimate of drug-likeness (QED) is 0.558. The van der Waals surface area contributed by atoms with E-state index in [-0.39, 0.29) is 11.9 Å². The molecule has 160 valence electrons. The Labute approximate surface area is 179 Å². The standard InChI is InChI=1S/C24H32N4O2/c1-3-4-5-9-12-23(29)26-16-18(2)28-17-19-15-21(13-14-22(19)27-24(28)25)30-20-10-7-6-8-11-20/h6-8,10-11,13-15,18H,3-5,9,12,16-17H2,1-2H3,(H2,25,27)(H,26,29). The fourth-order valence-corrected chi connectivity index (χ4v) is 3.49. The van der Waals surface area contributed by atoms with Gasteiger partial charge in [0.1, 0.15) is 11.5 Å². The van der Waals surface area contributed by atoms with Crippen LogP contribution in [0.25, 0.3) is 0 Å². The molecule has 0 fully saturated rings. The van der Waals surface area contributed by atoms with Gasteiger partial charge in [-0.2, -0.15) is 0 Å². The van der Waals surface area contributed by atoms with E-state index in [1.54, 1.807) is 0 Å². The number of hydrogen-bond donors (Lipinski definition) is 2. The van der Waals surface area contributed by atoms with Gasteiger partial charge in [-0.05, 0) is 43.7 Å². The van der Waals surface area contributed by atoms with Crippen LogP contribution in [0.15, 0.2) is 53.5 Å². The Kier molecular flexibility index (Phi) is 7.71. The minimum atomic E-state index is 0.0418. The lowest BCUT2D eigenvalue weighted by molar-refractivity contribution is -0.121. The van der Waals surface area contributed by atoms with Gasteiger partial charge in [0, 0.05) is 31.1 Å². The molecule has 0 saturated carbocycles. The molecule has 1 unspecified atom stereocenters. The molecule has 30 heavy (non-hydrogen) atoms. The zero-order chi connectivity index (χ0) is 21.3. The first-order valence-electron chi connectivity index (χ1n) is 10.8. The van der Waals surface area contributed by atoms with Crippen LogP contribution in [0.3, 0.4) is 0 Å². The molecule has 0 aromatic heterocycles. The first-order chi connectivity index (χ1) is 14.6. The van der Waals surface area contributed by atoms with E-state index in [2.05, 4.69) is 24.2 Å². The number of carbonyl (C=O) groups excluding carboxylic acids is 1. The number of ether oxygens (including phenoxy) is 1. The molecule has 2 aromatic carbocycles. The molecular formula is C24H32N4O2. The van der Waals surface area contributed by atoms with E-state index in [9.17, 15) is 4.79 Å². The van der Waals surface area contributed by atoms with Gasteiger partial charge < -0.3 is 20.7 Å². The molecule has 3 N–H and O–H groups in total. The van der Waals surface area contributed by atoms with Crippen LogP contribution in [0.4, 0.5) is 5.69 Å². The monoisotopic (exact) mass is 408 g/mol. The average molecular weight is 409 g/mol. The van der Waals surface area contributed by atoms with E-state index in [0.29, 0.717) is 25.5 Å². The van der Waals surface area contributed by atoms with Gasteiger partial charge in [0.25, 0.3) is 0 Å². The Hall–Kier alpha value is -3.02. The summed E-state index contributed by atoms with van der Waals surface area (Å²) >= 11 is 0. The van der Waals surface area contributed by atoms with E-state index in [4.69, 9.17) is 10.5 Å². The smallest absolute Gasteiger partial charge is 0.220 e. The summed E-state index contributed by atoms with van der Waals surface area (Å²) in [6.07, 6.45) is 4.99. The predicted octanol–water partition coefficient (Wildman–Crippen LogP) is 4.72. The second-order valence-corrected chi connectivity index (χ2v) is 7.77. The molecule has 0 aliphatic carbocycles. The van der Waals surface area contributed by atoms with Crippen LogP contribution in [0.2, 0.25) is 0 Å². The number of rotatable bonds is 10. The maximum Gasteiger partial charge on any atom is 0.220 e. The molecule has 0 radical (unpaired) electrons. The van der Waals surface area contributed by atoms with E-state index >= 15 is 0 Å². The topological polar surface area (TPSA) is 80.0 Å². The van der Waals surface area contributed by atoms with Crippen molar-refractivity contribution < 1.29 is 9.53 Å². The number of amides is 1. The molecule has 0 saturated heterocycles. The van der Waals surface area contributed by atoms with Crippen molar-refractivity contribution in [3.8, 4) is 11.5 Å². The molecule has 1 aliphatic heterocycles. The number of para-hydroxylation sites is 1. The second kappa shape index (κ2) is 10.7. The van der Waals surface area contributed by atoms with Crippen LogP contribution >= 0.6 is 0 Å². The van der Waals surface area contributed by atoms with Crippen molar-refractivity contribution in [3.63, 3.8) is 0 Å². The first kappa shape index (κ1) is 21.7. The summed E-state index contributed by atoms with van der Waals surface area (Å²) in [5, 5.41) is 3.03. The minimum Gasteiger partial charge on any atom is -0.457 e. The highest BCUT2D eigenvalue weighted by Gasteiger charge is 2.23. The van der Waals surface area contributed by atoms with Gasteiger partial charge in [0.15, 0.2) is 5.96 Å². The molecule has 6 nitrogen and oxygen atoms in total. The number of carbonyl (C=O) groups is 1. The lowest BCUT2D eigenvalue weighted by Gasteiger charge is -2.33. The van der Waals surface area contributed by atoms with Crippen molar-refractivity contribution in [1.29, 1.82) is 0 Å². The molecule has 1 amide bonds. The zero-order valence-corrected chi connectivity index (χ0v) is 17.9. The third-order valence-corrected chi connectivity index (χ3v) is 5.28. The molecule has 0 spiro atoms. The van der Waals surface area contributed by atoms with E-state index in [0.717, 1.165) is 35.6 Å². The summed E-state index contributed by atoms with van der Waals surface area (Å²) in [6.45, 7) is 5.39. The van der Waals surface area contributed by atoms with Gasteiger partial charge in [-0.25, -0.2) is 4.99 Å². The number of benzene rings is 2. The van der Waals surface area contributed by atoms with Crippen LogP contribution < -0.4 is 15.8 Å². The van der Waals surface area contributed by atoms with E-state index in [1.165, 1.54) is 12.8 Å². The van der Waals surface area contributed by atoms with Crippen LogP contribution in [-0.2, 0) is 11.3 Å². The highest BCUT2D eigenvalue weighted by molar-refractivity contribution is 5.84. The van der Waals surface area contributed by atoms with Crippen molar-refractivity contribution in [2.45, 2.75) is 58.5 Å². The Bertz CT molecular complexity index is 867. The van der Waals surface area contributed by atoms with Crippen molar-refractivity contribution in [1.82, 2.24) is 10.2 Å². The Morgan fingerprint density at radius 1 is 1.17 bits per heavy atom. The van der Waals surface area contributed by atoms with Gasteiger partial charge >= 0.3 is 0 Å². The molecule has 3 rings (SSSR count). The number of guanidine groups is 1. The third kappa shape index (κ3) is 5.99. The molecule has 1 atom stereocenters. The van der Waals surface area contributed by atoms with Gasteiger partial charge in [0.05, 0.1) is 5.69 Å². The summed E-state index contributed by atoms with van der Waals surface area (Å²) < 4.78 is 5.95. The summed E-state index contributed by atoms with van der Waals surface area (Å²) in [5.74, 6) is 2.14. The molecule has 2 aromatic rings. The largest absolute Gasteiger partial charge is 0.457 e. The molecule has 0 bridgehead atoms. The number of nitrogens with two attached hydrogens (primary N) is 1. The fourth-order valence-electron chi connectivity index (χ4n) is 3.49. The van der Waals surface area contributed by atoms with Gasteiger partial charge in [-0.15, -0.1) is 0 Å². The highest BCUT2D eigenvalue weighted by Crippen LogP contribution is 2.31. The van der Waals surface area contributed by atoms with Crippen LogP contribution in [0, 0.1) is 0 Å². The normalized spacial score (nSPS) is 13.9. The molecular weight excluding hydrogens is 376 g/mol. The van der Waals surface area contributed by atoms with Crippen LogP contribution in [-0.4, -0.2) is 29.4 Å². The average Bonchev–Trinajstić information content (AvgIpc) is 2.75. The lowest BCUT2D eigenvalue weighted by atomic mass is 10.1. The second-order valence-electron chi connectivity index (χ2n) is 7.77. The summed E-state index contributed by atoms with van der Waals surface area (Å²) in [5.41, 5.74) is 8.12. The summed E-state index contributed by atoms with van der Waals surface area (Å²) in [4.78, 5) is 18.6. The molecule has 1 aliphatic rings. The minimum absolute atomic E-state index is 0.0418. The maximum absolute atomic E-state index is 12.1. The predicted molar refractivity (Wildman–Crippen MR) is 121 cm³/mol. The number of aliphatic imine (C=N–C) groups is 1. The zero-order valence-electron chi connectivity index (χ0n) is 17.9. The lowest BCUT2D eigenvalue weighted by Crippen LogP contribution is -2.48. The summed E-state index contributed by atoms with van der Waals surface area (Å²) in [7, 11) is 0. The van der Waals surface area contributed by atoms with Crippen molar-refractivity contribution in [2.75, 3.05) is 6.54 Å². The van der Waals surface area contributed by atoms with Crippen molar-refractivity contribution in [3.05, 3.63) is 54.1 Å². The number of nitrogens with one attached hydrogen (secondary N) is 1. The Morgan fingerprint density at radius 3 is 2.73 bits per heavy atom. The Morgan fingerprint density at radius 2 is 1.97 bits per heavy atom. The van der Waals surface area contributed by atoms with E-state index in [1.807, 2.05) is 53.4 Å². The first-order valence-corrected chi connectivity index (χ1v) is 10.8. The third-order valence-electron chi connectivity index (χ3n) is 5.28. The van der Waals surface area contributed by atoms with Crippen LogP contribution in [0.1, 0.15) is 51.5 Å². The summed E-state index contributed by atoms with van der Waals surface area (Å²) in [6, 6.07) is 15.6. The Balaban J connectivity index is 1.57. The SMILES string of the molecule is CCCCCCC(=O)NCC(C)N1Cc2cc(Oc3ccccc3)ccc2N=C1N. The van der Waals surface area contributed by atoms with Gasteiger partial charge in [-0.3, -0.25) is 4.79 Å². The highest BCUT2D eigenvalue weighted by atomic mass is 16.5. The van der Waals surface area contributed by atoms with E-state index < -0.39 is 0 Å². The molecule has 1 heterocycles. The van der Waals surface area contributed by atoms with Gasteiger partial charge in [0.2, 0.25) is 5.91 Å². The van der Waals surface area contributed by atoms with Crippen molar-refractivity contribution >= 4 is 17.6 Å². The van der Waals surface area contributed by atoms with Crippen molar-refractivity contribution in [2.24, 2.45) is 10.7 Å². The van der Waals surface area contributed by atoms with Crippen LogP contribution in [0.5, 0.6) is 11.5 Å². The maximum atomic E-state index is 12.1. The number of hydrogen-bond acceptors (Lipinski definition) is 5.